The summed E-state index contributed by atoms with van der Waals surface area (Å²) in [5, 5.41) is 4.01. The number of hydrazone groups is 1. The Labute approximate surface area is 211 Å². The van der Waals surface area contributed by atoms with Gasteiger partial charge in [-0.2, -0.15) is 5.10 Å². The van der Waals surface area contributed by atoms with E-state index in [1.165, 1.54) is 11.4 Å². The molecule has 2 heterocycles. The van der Waals surface area contributed by atoms with Crippen molar-refractivity contribution in [3.8, 4) is 17.2 Å². The summed E-state index contributed by atoms with van der Waals surface area (Å²) in [5.74, 6) is 1.79. The Morgan fingerprint density at radius 2 is 1.64 bits per heavy atom. The van der Waals surface area contributed by atoms with Crippen LogP contribution in [0.5, 0.6) is 11.5 Å². The first-order valence-corrected chi connectivity index (χ1v) is 12.0. The molecule has 1 atom stereocenters. The van der Waals surface area contributed by atoms with Crippen molar-refractivity contribution in [1.82, 2.24) is 9.99 Å². The lowest BCUT2D eigenvalue weighted by molar-refractivity contribution is 0.0923. The molecule has 0 saturated heterocycles. The van der Waals surface area contributed by atoms with Crippen LogP contribution in [0, 0.1) is 13.8 Å². The number of carbonyl (C=O) groups is 1. The van der Waals surface area contributed by atoms with Gasteiger partial charge < -0.3 is 18.5 Å². The molecule has 0 aliphatic heterocycles. The van der Waals surface area contributed by atoms with E-state index in [0.717, 1.165) is 23.4 Å². The van der Waals surface area contributed by atoms with Gasteiger partial charge in [0.25, 0.3) is 0 Å². The zero-order valence-electron chi connectivity index (χ0n) is 21.0. The molecule has 0 aliphatic carbocycles. The average Bonchev–Trinajstić information content (AvgIpc) is 3.50. The predicted octanol–water partition coefficient (Wildman–Crippen LogP) is 6.21. The van der Waals surface area contributed by atoms with Gasteiger partial charge in [0.05, 0.1) is 12.3 Å². The van der Waals surface area contributed by atoms with Crippen LogP contribution in [-0.4, -0.2) is 22.8 Å². The molecule has 0 fully saturated rings. The number of hydrogen-bond donors (Lipinski definition) is 1. The van der Waals surface area contributed by atoms with Crippen LogP contribution >= 0.6 is 0 Å². The summed E-state index contributed by atoms with van der Waals surface area (Å²) in [5.41, 5.74) is 6.76. The molecule has 1 amide bonds. The normalized spacial score (nSPS) is 12.0. The molecule has 0 aliphatic rings. The number of nitrogens with zero attached hydrogens (tertiary/aromatic N) is 2. The van der Waals surface area contributed by atoms with E-state index in [9.17, 15) is 4.79 Å². The maximum absolute atomic E-state index is 12.4. The maximum Gasteiger partial charge on any atom is 0.307 e. The Bertz CT molecular complexity index is 1300. The molecule has 7 nitrogen and oxygen atoms in total. The Balaban J connectivity index is 1.27. The molecule has 1 N–H and O–H groups in total. The summed E-state index contributed by atoms with van der Waals surface area (Å²) in [6, 6.07) is 22.9. The molecule has 4 rings (SSSR count). The van der Waals surface area contributed by atoms with Gasteiger partial charge in [-0.05, 0) is 106 Å². The van der Waals surface area contributed by atoms with Crippen molar-refractivity contribution >= 4 is 12.1 Å². The number of aromatic nitrogens is 1. The number of carbonyl (C=O) groups excluding carboxylic acids is 1. The molecule has 0 radical (unpaired) electrons. The van der Waals surface area contributed by atoms with E-state index in [1.807, 2.05) is 55.5 Å². The van der Waals surface area contributed by atoms with Crippen LogP contribution in [0.15, 0.2) is 82.3 Å². The van der Waals surface area contributed by atoms with Crippen molar-refractivity contribution < 1.29 is 18.7 Å². The molecule has 36 heavy (non-hydrogen) atoms. The van der Waals surface area contributed by atoms with Gasteiger partial charge >= 0.3 is 5.91 Å². The Morgan fingerprint density at radius 3 is 2.31 bits per heavy atom. The lowest BCUT2D eigenvalue weighted by Crippen LogP contribution is -2.16. The van der Waals surface area contributed by atoms with Crippen LogP contribution in [0.1, 0.15) is 53.5 Å². The second-order valence-electron chi connectivity index (χ2n) is 8.60. The van der Waals surface area contributed by atoms with Gasteiger partial charge in [-0.25, -0.2) is 5.43 Å². The van der Waals surface area contributed by atoms with E-state index in [2.05, 4.69) is 48.0 Å². The molecule has 7 heteroatoms. The number of hydrogen-bond acceptors (Lipinski definition) is 5. The van der Waals surface area contributed by atoms with Gasteiger partial charge in [0, 0.05) is 17.1 Å². The van der Waals surface area contributed by atoms with Crippen molar-refractivity contribution in [2.45, 2.75) is 46.8 Å². The van der Waals surface area contributed by atoms with Gasteiger partial charge in [0.1, 0.15) is 23.9 Å². The van der Waals surface area contributed by atoms with Gasteiger partial charge in [-0.15, -0.1) is 0 Å². The number of benzene rings is 2. The lowest BCUT2D eigenvalue weighted by atomic mass is 10.2. The minimum absolute atomic E-state index is 0.164. The predicted molar refractivity (Wildman–Crippen MR) is 140 cm³/mol. The Kier molecular flexibility index (Phi) is 7.90. The number of amides is 1. The highest BCUT2D eigenvalue weighted by Gasteiger charge is 2.11. The van der Waals surface area contributed by atoms with Crippen LogP contribution < -0.4 is 14.9 Å². The fraction of sp³-hybridized carbons (Fsp3) is 0.241. The fourth-order valence-corrected chi connectivity index (χ4v) is 3.67. The molecule has 2 aromatic heterocycles. The summed E-state index contributed by atoms with van der Waals surface area (Å²) in [6.45, 7) is 8.47. The molecule has 4 aromatic rings. The molecule has 0 saturated carbocycles. The minimum atomic E-state index is -0.434. The first-order valence-electron chi connectivity index (χ1n) is 12.0. The van der Waals surface area contributed by atoms with E-state index in [0.29, 0.717) is 11.5 Å². The average molecular weight is 486 g/mol. The summed E-state index contributed by atoms with van der Waals surface area (Å²) in [7, 11) is 0. The second kappa shape index (κ2) is 11.4. The highest BCUT2D eigenvalue weighted by Crippen LogP contribution is 2.21. The quantitative estimate of drug-likeness (QED) is 0.214. The fourth-order valence-electron chi connectivity index (χ4n) is 3.67. The number of furan rings is 1. The summed E-state index contributed by atoms with van der Waals surface area (Å²) < 4.78 is 19.4. The smallest absolute Gasteiger partial charge is 0.307 e. The van der Waals surface area contributed by atoms with E-state index in [1.54, 1.807) is 18.3 Å². The van der Waals surface area contributed by atoms with Crippen LogP contribution in [0.2, 0.25) is 0 Å². The van der Waals surface area contributed by atoms with Gasteiger partial charge in [-0.3, -0.25) is 4.79 Å². The van der Waals surface area contributed by atoms with E-state index in [-0.39, 0.29) is 18.5 Å². The first-order chi connectivity index (χ1) is 17.4. The number of aryl methyl sites for hydroxylation is 2. The summed E-state index contributed by atoms with van der Waals surface area (Å²) in [6.07, 6.45) is 2.67. The van der Waals surface area contributed by atoms with E-state index < -0.39 is 5.91 Å². The number of nitrogens with one attached hydrogen (secondary N) is 1. The van der Waals surface area contributed by atoms with Gasteiger partial charge in [-0.1, -0.05) is 6.92 Å². The number of rotatable bonds is 10. The molecule has 1 unspecified atom stereocenters. The Hall–Kier alpha value is -4.26. The topological polar surface area (TPSA) is 78.0 Å². The van der Waals surface area contributed by atoms with Crippen molar-refractivity contribution in [2.24, 2.45) is 5.10 Å². The van der Waals surface area contributed by atoms with E-state index in [4.69, 9.17) is 13.9 Å². The highest BCUT2D eigenvalue weighted by atomic mass is 16.5. The minimum Gasteiger partial charge on any atom is -0.491 e. The molecule has 2 aromatic carbocycles. The third-order valence-electron chi connectivity index (χ3n) is 5.80. The van der Waals surface area contributed by atoms with E-state index >= 15 is 0 Å². The zero-order chi connectivity index (χ0) is 25.5. The summed E-state index contributed by atoms with van der Waals surface area (Å²) >= 11 is 0. The highest BCUT2D eigenvalue weighted by molar-refractivity contribution is 5.92. The SMILES string of the molecule is CCC(C)Oc1ccc(C=NNC(=O)c2ccc(COc3ccc(-n4c(C)ccc4C)cc3)o2)cc1. The largest absolute Gasteiger partial charge is 0.491 e. The lowest BCUT2D eigenvalue weighted by Gasteiger charge is -2.12. The molecule has 186 valence electrons. The first kappa shape index (κ1) is 24.9. The Morgan fingerprint density at radius 1 is 0.972 bits per heavy atom. The van der Waals surface area contributed by atoms with Crippen molar-refractivity contribution in [3.63, 3.8) is 0 Å². The van der Waals surface area contributed by atoms with Crippen LogP contribution in [0.3, 0.4) is 0 Å². The molecule has 0 spiro atoms. The van der Waals surface area contributed by atoms with Gasteiger partial charge in [0.15, 0.2) is 5.76 Å². The van der Waals surface area contributed by atoms with Crippen LogP contribution in [0.25, 0.3) is 5.69 Å². The third-order valence-corrected chi connectivity index (χ3v) is 5.80. The molecular weight excluding hydrogens is 454 g/mol. The van der Waals surface area contributed by atoms with Crippen molar-refractivity contribution in [3.05, 3.63) is 101 Å². The van der Waals surface area contributed by atoms with Gasteiger partial charge in [0.2, 0.25) is 0 Å². The van der Waals surface area contributed by atoms with Crippen LogP contribution in [0.4, 0.5) is 0 Å². The summed E-state index contributed by atoms with van der Waals surface area (Å²) in [4.78, 5) is 12.4. The van der Waals surface area contributed by atoms with Crippen LogP contribution in [-0.2, 0) is 6.61 Å². The number of ether oxygens (including phenoxy) is 2. The molecule has 0 bridgehead atoms. The van der Waals surface area contributed by atoms with Crippen molar-refractivity contribution in [2.75, 3.05) is 0 Å². The monoisotopic (exact) mass is 485 g/mol. The standard InChI is InChI=1S/C29H31N3O4/c1-5-22(4)35-26-12-8-23(9-13-26)18-30-31-29(33)28-17-16-27(36-28)19-34-25-14-10-24(11-15-25)32-20(2)6-7-21(32)3/h6-18,22H,5,19H2,1-4H3,(H,31,33). The maximum atomic E-state index is 12.4. The van der Waals surface area contributed by atoms with Crippen molar-refractivity contribution in [1.29, 1.82) is 0 Å². The third kappa shape index (κ3) is 6.24. The molecular formula is C29H31N3O4. The zero-order valence-corrected chi connectivity index (χ0v) is 21.0. The second-order valence-corrected chi connectivity index (χ2v) is 8.60.